The van der Waals surface area contributed by atoms with Crippen LogP contribution in [0, 0.1) is 0 Å². The number of amidine groups is 1. The minimum absolute atomic E-state index is 0.391. The first-order chi connectivity index (χ1) is 7.94. The quantitative estimate of drug-likeness (QED) is 0.638. The first kappa shape index (κ1) is 17.4. The predicted octanol–water partition coefficient (Wildman–Crippen LogP) is 1.95. The normalized spacial score (nSPS) is 17.8. The maximum atomic E-state index is 11.7. The lowest BCUT2D eigenvalue weighted by molar-refractivity contribution is 0.650. The molecule has 0 rings (SSSR count). The third-order valence-corrected chi connectivity index (χ3v) is 4.52. The van der Waals surface area contributed by atoms with E-state index in [1.165, 1.54) is 6.34 Å². The van der Waals surface area contributed by atoms with Crippen molar-refractivity contribution in [2.45, 2.75) is 58.0 Å². The van der Waals surface area contributed by atoms with Crippen molar-refractivity contribution < 1.29 is 8.42 Å². The molecule has 0 amide bonds. The third kappa shape index (κ3) is 7.00. The van der Waals surface area contributed by atoms with Gasteiger partial charge in [-0.25, -0.2) is 8.42 Å². The standard InChI is InChI=1S/C11H23N3O2S2/c1-9(14-18(16)11(5,6)7)12-8-13-17(15)10(2,3)4/h8H,1-7H3,(H,12,13,14)/t17-,18-/m1/s1. The Morgan fingerprint density at radius 3 is 1.83 bits per heavy atom. The largest absolute Gasteiger partial charge is 0.334 e. The van der Waals surface area contributed by atoms with Crippen LogP contribution in [0.5, 0.6) is 0 Å². The summed E-state index contributed by atoms with van der Waals surface area (Å²) in [7, 11) is -2.62. The number of rotatable bonds is 3. The van der Waals surface area contributed by atoms with Gasteiger partial charge in [0.1, 0.15) is 34.1 Å². The summed E-state index contributed by atoms with van der Waals surface area (Å²) in [6.07, 6.45) is 1.33. The van der Waals surface area contributed by atoms with Crippen LogP contribution in [0.1, 0.15) is 48.5 Å². The molecule has 7 heteroatoms. The van der Waals surface area contributed by atoms with E-state index in [1.807, 2.05) is 41.5 Å². The van der Waals surface area contributed by atoms with E-state index in [0.29, 0.717) is 5.84 Å². The summed E-state index contributed by atoms with van der Waals surface area (Å²) in [6, 6.07) is 0. The molecule has 0 aliphatic heterocycles. The van der Waals surface area contributed by atoms with E-state index >= 15 is 0 Å². The fraction of sp³-hybridized carbons (Fsp3) is 0.818. The van der Waals surface area contributed by atoms with Crippen LogP contribution in [0.2, 0.25) is 0 Å². The third-order valence-electron chi connectivity index (χ3n) is 1.69. The van der Waals surface area contributed by atoms with Crippen LogP contribution in [-0.2, 0) is 22.0 Å². The van der Waals surface area contributed by atoms with Crippen molar-refractivity contribution >= 4 is 34.1 Å². The molecule has 0 aliphatic rings. The van der Waals surface area contributed by atoms with Crippen LogP contribution < -0.4 is 5.32 Å². The summed E-state index contributed by atoms with van der Waals surface area (Å²) in [5.74, 6) is 0.484. The Balaban J connectivity index is 4.49. The second-order valence-corrected chi connectivity index (χ2v) is 9.62. The van der Waals surface area contributed by atoms with Gasteiger partial charge in [-0.15, -0.1) is 0 Å². The lowest BCUT2D eigenvalue weighted by atomic mass is 10.3. The zero-order chi connectivity index (χ0) is 14.6. The Kier molecular flexibility index (Phi) is 6.36. The summed E-state index contributed by atoms with van der Waals surface area (Å²) < 4.78 is 30.4. The molecule has 0 heterocycles. The van der Waals surface area contributed by atoms with Crippen LogP contribution >= 0.6 is 0 Å². The lowest BCUT2D eigenvalue weighted by Crippen LogP contribution is -2.26. The zero-order valence-corrected chi connectivity index (χ0v) is 13.7. The molecule has 0 aliphatic carbocycles. The van der Waals surface area contributed by atoms with E-state index in [-0.39, 0.29) is 0 Å². The molecule has 0 radical (unpaired) electrons. The molecule has 1 N–H and O–H groups in total. The second kappa shape index (κ2) is 6.56. The van der Waals surface area contributed by atoms with Gasteiger partial charge in [-0.2, -0.15) is 8.80 Å². The minimum Gasteiger partial charge on any atom is -0.334 e. The Labute approximate surface area is 115 Å². The average Bonchev–Trinajstić information content (AvgIpc) is 2.14. The minimum atomic E-state index is -1.31. The van der Waals surface area contributed by atoms with Crippen molar-refractivity contribution in [2.75, 3.05) is 0 Å². The molecular weight excluding hydrogens is 270 g/mol. The van der Waals surface area contributed by atoms with E-state index in [2.05, 4.69) is 14.1 Å². The fourth-order valence-electron chi connectivity index (χ4n) is 0.613. The first-order valence-electron chi connectivity index (χ1n) is 5.63. The Morgan fingerprint density at radius 1 is 1.00 bits per heavy atom. The monoisotopic (exact) mass is 293 g/mol. The molecule has 0 unspecified atom stereocenters. The summed E-state index contributed by atoms with van der Waals surface area (Å²) in [6.45, 7) is 12.8. The lowest BCUT2D eigenvalue weighted by Gasteiger charge is -2.14. The van der Waals surface area contributed by atoms with Gasteiger partial charge in [0.2, 0.25) is 0 Å². The Bertz CT molecular complexity index is 390. The molecule has 2 atom stereocenters. The molecule has 0 aromatic heterocycles. The van der Waals surface area contributed by atoms with Crippen molar-refractivity contribution in [1.29, 1.82) is 0 Å². The highest BCUT2D eigenvalue weighted by atomic mass is 32.2. The average molecular weight is 293 g/mol. The molecule has 0 spiro atoms. The highest BCUT2D eigenvalue weighted by Gasteiger charge is 2.19. The molecular formula is C11H23N3O2S2. The van der Waals surface area contributed by atoms with E-state index in [0.717, 1.165) is 0 Å². The molecule has 0 fully saturated rings. The molecule has 0 saturated carbocycles. The number of hydrogen-bond acceptors (Lipinski definition) is 2. The van der Waals surface area contributed by atoms with Gasteiger partial charge in [-0.05, 0) is 48.5 Å². The van der Waals surface area contributed by atoms with Crippen molar-refractivity contribution in [1.82, 2.24) is 5.32 Å². The van der Waals surface area contributed by atoms with Crippen molar-refractivity contribution in [3.05, 3.63) is 0 Å². The molecule has 0 saturated heterocycles. The highest BCUT2D eigenvalue weighted by molar-refractivity contribution is 7.85. The topological polar surface area (TPSA) is 70.9 Å². The van der Waals surface area contributed by atoms with Gasteiger partial charge in [0.15, 0.2) is 0 Å². The van der Waals surface area contributed by atoms with Crippen LogP contribution in [0.3, 0.4) is 0 Å². The highest BCUT2D eigenvalue weighted by Crippen LogP contribution is 2.12. The van der Waals surface area contributed by atoms with E-state index < -0.39 is 31.5 Å². The maximum absolute atomic E-state index is 11.7. The maximum Gasteiger partial charge on any atom is 0.146 e. The fourth-order valence-corrected chi connectivity index (χ4v) is 1.65. The van der Waals surface area contributed by atoms with E-state index in [4.69, 9.17) is 0 Å². The molecule has 0 aromatic carbocycles. The van der Waals surface area contributed by atoms with Gasteiger partial charge in [-0.3, -0.25) is 0 Å². The summed E-state index contributed by atoms with van der Waals surface area (Å²) in [5.41, 5.74) is 0. The van der Waals surface area contributed by atoms with Gasteiger partial charge in [-0.1, -0.05) is 0 Å². The van der Waals surface area contributed by atoms with Crippen LogP contribution in [0.4, 0.5) is 0 Å². The van der Waals surface area contributed by atoms with E-state index in [9.17, 15) is 8.42 Å². The predicted molar refractivity (Wildman–Crippen MR) is 80.5 cm³/mol. The van der Waals surface area contributed by atoms with Gasteiger partial charge < -0.3 is 5.32 Å². The van der Waals surface area contributed by atoms with Crippen LogP contribution in [0.25, 0.3) is 0 Å². The van der Waals surface area contributed by atoms with Gasteiger partial charge >= 0.3 is 0 Å². The molecule has 18 heavy (non-hydrogen) atoms. The zero-order valence-electron chi connectivity index (χ0n) is 12.1. The smallest absolute Gasteiger partial charge is 0.146 e. The molecule has 0 aromatic rings. The van der Waals surface area contributed by atoms with Gasteiger partial charge in [0.25, 0.3) is 0 Å². The number of nitrogens with zero attached hydrogens (tertiary/aromatic N) is 2. The van der Waals surface area contributed by atoms with Crippen LogP contribution in [0.15, 0.2) is 8.80 Å². The summed E-state index contributed by atoms with van der Waals surface area (Å²) in [4.78, 5) is 0. The van der Waals surface area contributed by atoms with Crippen LogP contribution in [-0.4, -0.2) is 30.1 Å². The molecule has 0 bridgehead atoms. The van der Waals surface area contributed by atoms with Gasteiger partial charge in [0, 0.05) is 0 Å². The first-order valence-corrected chi connectivity index (χ1v) is 7.84. The summed E-state index contributed by atoms with van der Waals surface area (Å²) in [5, 5.41) is 2.76. The van der Waals surface area contributed by atoms with E-state index in [1.54, 1.807) is 6.92 Å². The molecule has 106 valence electrons. The molecule has 5 nitrogen and oxygen atoms in total. The number of hydrogen-bond donors (Lipinski definition) is 1. The van der Waals surface area contributed by atoms with Gasteiger partial charge in [0.05, 0.1) is 9.49 Å². The summed E-state index contributed by atoms with van der Waals surface area (Å²) >= 11 is 0. The Morgan fingerprint density at radius 2 is 1.44 bits per heavy atom. The van der Waals surface area contributed by atoms with Crippen molar-refractivity contribution in [3.8, 4) is 0 Å². The Hall–Kier alpha value is -0.560. The number of nitrogens with one attached hydrogen (secondary N) is 1. The van der Waals surface area contributed by atoms with Crippen molar-refractivity contribution in [2.24, 2.45) is 8.80 Å². The second-order valence-electron chi connectivity index (χ2n) is 5.78. The van der Waals surface area contributed by atoms with Crippen molar-refractivity contribution in [3.63, 3.8) is 0 Å². The SMILES string of the molecule is C/C(=N\[S@](=O)C(C)(C)C)N/C=N/[S@](=O)C(C)(C)C.